The standard InChI is InChI=1S/C35H33F3N8O2S/c1-3-29(47)44-28-7-5-20(16-40-28)30-31(32(30)48)46-23(15-39)12-25-19(2)21(4-6-27(25)46)17-45-10-8-22(9-11-45)43-33-26-13-24(14-35(36,37)38)49-34(26)42-18-41-33/h3-7,12-13,16,18,22,30-32,48H,1,8-11,14,17H2,2H3,(H,40,44,47)(H,41,42,43). The summed E-state index contributed by atoms with van der Waals surface area (Å²) >= 11 is 1.05. The maximum absolute atomic E-state index is 13.0. The van der Waals surface area contributed by atoms with E-state index in [1.807, 2.05) is 22.8 Å². The van der Waals surface area contributed by atoms with Crippen LogP contribution in [-0.4, -0.2) is 66.8 Å². The number of nitriles is 1. The van der Waals surface area contributed by atoms with Crippen molar-refractivity contribution < 1.29 is 23.1 Å². The third-order valence-electron chi connectivity index (χ3n) is 9.45. The molecule has 1 saturated carbocycles. The van der Waals surface area contributed by atoms with Crippen LogP contribution in [0.3, 0.4) is 0 Å². The Morgan fingerprint density at radius 2 is 1.96 bits per heavy atom. The number of aromatic nitrogens is 4. The summed E-state index contributed by atoms with van der Waals surface area (Å²) < 4.78 is 40.8. The molecule has 0 bridgehead atoms. The van der Waals surface area contributed by atoms with Crippen LogP contribution in [-0.2, 0) is 17.8 Å². The minimum atomic E-state index is -4.28. The van der Waals surface area contributed by atoms with Gasteiger partial charge in [-0.25, -0.2) is 15.0 Å². The number of aliphatic hydroxyl groups excluding tert-OH is 1. The lowest BCUT2D eigenvalue weighted by Gasteiger charge is -2.33. The Bertz CT molecular complexity index is 2090. The highest BCUT2D eigenvalue weighted by Crippen LogP contribution is 2.53. The molecule has 5 heterocycles. The number of alkyl halides is 3. The summed E-state index contributed by atoms with van der Waals surface area (Å²) in [6.45, 7) is 7.90. The van der Waals surface area contributed by atoms with E-state index in [9.17, 15) is 28.3 Å². The summed E-state index contributed by atoms with van der Waals surface area (Å²) in [5, 5.41) is 28.7. The summed E-state index contributed by atoms with van der Waals surface area (Å²) in [6, 6.07) is 13.2. The monoisotopic (exact) mass is 686 g/mol. The minimum Gasteiger partial charge on any atom is -0.390 e. The van der Waals surface area contributed by atoms with E-state index in [-0.39, 0.29) is 28.8 Å². The Labute approximate surface area is 283 Å². The first-order chi connectivity index (χ1) is 23.5. The highest BCUT2D eigenvalue weighted by atomic mass is 32.1. The van der Waals surface area contributed by atoms with Crippen molar-refractivity contribution in [2.45, 2.75) is 63.0 Å². The zero-order chi connectivity index (χ0) is 34.4. The molecule has 1 aliphatic carbocycles. The predicted molar refractivity (Wildman–Crippen MR) is 181 cm³/mol. The zero-order valence-electron chi connectivity index (χ0n) is 26.5. The van der Waals surface area contributed by atoms with Crippen molar-refractivity contribution in [2.75, 3.05) is 23.7 Å². The van der Waals surface area contributed by atoms with Gasteiger partial charge in [0.15, 0.2) is 0 Å². The Hall–Kier alpha value is -4.84. The molecule has 49 heavy (non-hydrogen) atoms. The van der Waals surface area contributed by atoms with Gasteiger partial charge in [0.1, 0.15) is 34.6 Å². The number of piperidine rings is 1. The number of nitrogens with one attached hydrogen (secondary N) is 2. The summed E-state index contributed by atoms with van der Waals surface area (Å²) in [5.41, 5.74) is 4.42. The van der Waals surface area contributed by atoms with Crippen LogP contribution in [0.5, 0.6) is 0 Å². The van der Waals surface area contributed by atoms with E-state index < -0.39 is 18.7 Å². The first kappa shape index (κ1) is 32.7. The van der Waals surface area contributed by atoms with Gasteiger partial charge in [-0.05, 0) is 66.8 Å². The van der Waals surface area contributed by atoms with Crippen LogP contribution in [0.1, 0.15) is 52.1 Å². The number of hydrogen-bond donors (Lipinski definition) is 3. The minimum absolute atomic E-state index is 0.131. The van der Waals surface area contributed by atoms with Crippen LogP contribution in [0, 0.1) is 18.3 Å². The van der Waals surface area contributed by atoms with Crippen molar-refractivity contribution in [3.05, 3.63) is 88.8 Å². The number of thiophene rings is 1. The number of hydrogen-bond acceptors (Lipinski definition) is 9. The van der Waals surface area contributed by atoms with Gasteiger partial charge in [0.25, 0.3) is 0 Å². The number of aryl methyl sites for hydroxylation is 1. The Morgan fingerprint density at radius 3 is 2.65 bits per heavy atom. The summed E-state index contributed by atoms with van der Waals surface area (Å²) in [7, 11) is 0. The third kappa shape index (κ3) is 6.61. The number of fused-ring (bicyclic) bond motifs is 2. The second-order valence-electron chi connectivity index (χ2n) is 12.6. The molecule has 2 fully saturated rings. The largest absolute Gasteiger partial charge is 0.393 e. The summed E-state index contributed by atoms with van der Waals surface area (Å²) in [6.07, 6.45) is -0.0528. The average molecular weight is 687 g/mol. The van der Waals surface area contributed by atoms with Crippen LogP contribution >= 0.6 is 11.3 Å². The quantitative estimate of drug-likeness (QED) is 0.156. The normalized spacial score (nSPS) is 20.0. The summed E-state index contributed by atoms with van der Waals surface area (Å²) in [5.74, 6) is 0.359. The maximum Gasteiger partial charge on any atom is 0.393 e. The molecule has 0 radical (unpaired) electrons. The first-order valence-electron chi connectivity index (χ1n) is 15.9. The number of carbonyl (C=O) groups is 1. The van der Waals surface area contributed by atoms with E-state index in [0.29, 0.717) is 27.5 Å². The Kier molecular flexibility index (Phi) is 8.60. The van der Waals surface area contributed by atoms with Crippen molar-refractivity contribution in [1.82, 2.24) is 24.4 Å². The van der Waals surface area contributed by atoms with Gasteiger partial charge in [-0.3, -0.25) is 9.69 Å². The van der Waals surface area contributed by atoms with Gasteiger partial charge in [0, 0.05) is 53.6 Å². The van der Waals surface area contributed by atoms with Gasteiger partial charge in [-0.15, -0.1) is 11.3 Å². The van der Waals surface area contributed by atoms with Gasteiger partial charge in [-0.1, -0.05) is 18.7 Å². The van der Waals surface area contributed by atoms with E-state index in [0.717, 1.165) is 71.4 Å². The molecule has 3 atom stereocenters. The van der Waals surface area contributed by atoms with Crippen LogP contribution in [0.4, 0.5) is 24.8 Å². The van der Waals surface area contributed by atoms with Crippen LogP contribution in [0.2, 0.25) is 0 Å². The van der Waals surface area contributed by atoms with Gasteiger partial charge in [0.2, 0.25) is 5.91 Å². The molecule has 10 nitrogen and oxygen atoms in total. The lowest BCUT2D eigenvalue weighted by molar-refractivity contribution is -0.126. The molecular formula is C35H33F3N8O2S. The van der Waals surface area contributed by atoms with Gasteiger partial charge >= 0.3 is 6.18 Å². The molecule has 7 rings (SSSR count). The highest BCUT2D eigenvalue weighted by molar-refractivity contribution is 7.18. The van der Waals surface area contributed by atoms with Crippen LogP contribution in [0.15, 0.2) is 61.6 Å². The lowest BCUT2D eigenvalue weighted by Crippen LogP contribution is -2.39. The lowest BCUT2D eigenvalue weighted by atomic mass is 10.0. The number of carbonyl (C=O) groups excluding carboxylic acids is 1. The maximum atomic E-state index is 13.0. The number of nitrogens with zero attached hydrogens (tertiary/aromatic N) is 6. The molecule has 252 valence electrons. The van der Waals surface area contributed by atoms with E-state index in [1.165, 1.54) is 12.4 Å². The number of rotatable bonds is 9. The number of benzene rings is 1. The fourth-order valence-electron chi connectivity index (χ4n) is 6.88. The molecule has 2 aliphatic rings. The molecule has 14 heteroatoms. The molecule has 4 aromatic heterocycles. The van der Waals surface area contributed by atoms with Crippen molar-refractivity contribution in [3.8, 4) is 6.07 Å². The molecular weight excluding hydrogens is 654 g/mol. The topological polar surface area (TPSA) is 132 Å². The van der Waals surface area contributed by atoms with Gasteiger partial charge in [-0.2, -0.15) is 18.4 Å². The van der Waals surface area contributed by atoms with E-state index in [2.05, 4.69) is 56.1 Å². The number of aliphatic hydroxyl groups is 1. The van der Waals surface area contributed by atoms with Crippen molar-refractivity contribution in [1.29, 1.82) is 5.26 Å². The summed E-state index contributed by atoms with van der Waals surface area (Å²) in [4.78, 5) is 27.6. The number of pyridine rings is 1. The number of halogens is 3. The first-order valence-corrected chi connectivity index (χ1v) is 16.7. The molecule has 3 N–H and O–H groups in total. The Morgan fingerprint density at radius 1 is 1.16 bits per heavy atom. The van der Waals surface area contributed by atoms with Crippen molar-refractivity contribution >= 4 is 50.0 Å². The van der Waals surface area contributed by atoms with Gasteiger partial charge in [0.05, 0.1) is 24.0 Å². The van der Waals surface area contributed by atoms with Gasteiger partial charge < -0.3 is 20.3 Å². The zero-order valence-corrected chi connectivity index (χ0v) is 27.4. The fraction of sp³-hybridized carbons (Fsp3) is 0.343. The number of anilines is 2. The number of likely N-dealkylation sites (tertiary alicyclic amines) is 1. The Balaban J connectivity index is 1.02. The smallest absolute Gasteiger partial charge is 0.390 e. The third-order valence-corrected chi connectivity index (χ3v) is 10.5. The molecule has 1 aromatic carbocycles. The van der Waals surface area contributed by atoms with E-state index >= 15 is 0 Å². The highest BCUT2D eigenvalue weighted by Gasteiger charge is 2.53. The molecule has 1 aliphatic heterocycles. The molecule has 0 spiro atoms. The molecule has 3 unspecified atom stereocenters. The average Bonchev–Trinajstić information content (AvgIpc) is 3.37. The molecule has 1 saturated heterocycles. The molecule has 5 aromatic rings. The second kappa shape index (κ2) is 12.9. The SMILES string of the molecule is C=CC(=O)Nc1ccc(C2C(O)C2n2c(C#N)cc3c(C)c(CN4CCC(Nc5ncnc6sc(CC(F)(F)F)cc56)CC4)ccc32)cn1. The second-order valence-corrected chi connectivity index (χ2v) is 13.7. The van der Waals surface area contributed by atoms with Crippen molar-refractivity contribution in [3.63, 3.8) is 0 Å². The van der Waals surface area contributed by atoms with Crippen LogP contribution < -0.4 is 10.6 Å². The van der Waals surface area contributed by atoms with Crippen LogP contribution in [0.25, 0.3) is 21.1 Å². The fourth-order valence-corrected chi connectivity index (χ4v) is 7.91. The molecule has 1 amide bonds. The predicted octanol–water partition coefficient (Wildman–Crippen LogP) is 6.23. The van der Waals surface area contributed by atoms with E-state index in [4.69, 9.17) is 0 Å². The number of amides is 1. The van der Waals surface area contributed by atoms with E-state index in [1.54, 1.807) is 18.3 Å². The van der Waals surface area contributed by atoms with Crippen molar-refractivity contribution in [2.24, 2.45) is 0 Å².